The van der Waals surface area contributed by atoms with Crippen molar-refractivity contribution in [3.05, 3.63) is 40.2 Å². The van der Waals surface area contributed by atoms with Crippen molar-refractivity contribution < 1.29 is 14.6 Å². The Morgan fingerprint density at radius 3 is 2.77 bits per heavy atom. The molecule has 10 nitrogen and oxygen atoms in total. The molecule has 1 aliphatic heterocycles. The van der Waals surface area contributed by atoms with Gasteiger partial charge in [-0.1, -0.05) is 12.0 Å². The Morgan fingerprint density at radius 1 is 1.29 bits per heavy atom. The molecule has 0 radical (unpaired) electrons. The van der Waals surface area contributed by atoms with Gasteiger partial charge in [0, 0.05) is 33.2 Å². The second-order valence-electron chi connectivity index (χ2n) is 7.03. The number of ether oxygens (including phenoxy) is 1. The van der Waals surface area contributed by atoms with Crippen LogP contribution in [0.3, 0.4) is 0 Å². The number of anilines is 1. The highest BCUT2D eigenvalue weighted by Gasteiger charge is 2.23. The summed E-state index contributed by atoms with van der Waals surface area (Å²) >= 11 is 0. The maximum atomic E-state index is 13.2. The van der Waals surface area contributed by atoms with Crippen LogP contribution in [0.25, 0.3) is 11.2 Å². The molecule has 0 bridgehead atoms. The molecule has 3 heterocycles. The van der Waals surface area contributed by atoms with Crippen molar-refractivity contribution in [2.24, 2.45) is 7.05 Å². The van der Waals surface area contributed by atoms with E-state index in [9.17, 15) is 14.7 Å². The van der Waals surface area contributed by atoms with Gasteiger partial charge in [-0.05, 0) is 25.1 Å². The number of carbonyl (C=O) groups is 1. The third-order valence-corrected chi connectivity index (χ3v) is 5.03. The molecule has 0 saturated carbocycles. The zero-order valence-electron chi connectivity index (χ0n) is 17.3. The zero-order valence-corrected chi connectivity index (χ0v) is 17.3. The van der Waals surface area contributed by atoms with Crippen LogP contribution in [0.5, 0.6) is 11.8 Å². The standard InChI is InChI=1S/C21H22N6O4/c1-3-4-10-27-16-17(23-20(27)26-11-8-22-9-12-26)24-21(25(2)18(16)28)31-15-7-5-6-14(13-15)19(29)30/h5-7,13,22H,8-12H2,1-2H3,(H,29,30). The summed E-state index contributed by atoms with van der Waals surface area (Å²) in [6.07, 6.45) is 0. The van der Waals surface area contributed by atoms with Crippen LogP contribution in [0.1, 0.15) is 17.3 Å². The number of carboxylic acids is 1. The summed E-state index contributed by atoms with van der Waals surface area (Å²) in [6, 6.07) is 6.03. The largest absolute Gasteiger partial charge is 0.478 e. The molecule has 1 aromatic carbocycles. The second-order valence-corrected chi connectivity index (χ2v) is 7.03. The lowest BCUT2D eigenvalue weighted by Gasteiger charge is -2.28. The Balaban J connectivity index is 1.81. The molecule has 0 spiro atoms. The fourth-order valence-electron chi connectivity index (χ4n) is 3.43. The molecule has 2 aromatic heterocycles. The molecule has 31 heavy (non-hydrogen) atoms. The first-order chi connectivity index (χ1) is 15.0. The molecule has 3 aromatic rings. The maximum Gasteiger partial charge on any atom is 0.335 e. The SMILES string of the molecule is CC#CCn1c(N2CCNCC2)nc2nc(Oc3cccc(C(=O)O)c3)n(C)c(=O)c21. The van der Waals surface area contributed by atoms with E-state index in [1.54, 1.807) is 30.7 Å². The Hall–Kier alpha value is -3.84. The van der Waals surface area contributed by atoms with Gasteiger partial charge in [0.25, 0.3) is 5.56 Å². The topological polar surface area (TPSA) is 115 Å². The summed E-state index contributed by atoms with van der Waals surface area (Å²) in [5, 5.41) is 12.5. The zero-order chi connectivity index (χ0) is 22.0. The van der Waals surface area contributed by atoms with Gasteiger partial charge >= 0.3 is 12.0 Å². The number of aromatic carboxylic acids is 1. The highest BCUT2D eigenvalue weighted by molar-refractivity contribution is 5.88. The van der Waals surface area contributed by atoms with Gasteiger partial charge in [-0.3, -0.25) is 13.9 Å². The molecule has 4 rings (SSSR count). The molecule has 2 N–H and O–H groups in total. The van der Waals surface area contributed by atoms with Crippen LogP contribution >= 0.6 is 0 Å². The summed E-state index contributed by atoms with van der Waals surface area (Å²) in [4.78, 5) is 35.6. The van der Waals surface area contributed by atoms with Gasteiger partial charge in [0.1, 0.15) is 5.75 Å². The lowest BCUT2D eigenvalue weighted by molar-refractivity contribution is 0.0696. The van der Waals surface area contributed by atoms with E-state index in [1.807, 2.05) is 0 Å². The van der Waals surface area contributed by atoms with E-state index in [4.69, 9.17) is 4.74 Å². The first-order valence-electron chi connectivity index (χ1n) is 9.83. The summed E-state index contributed by atoms with van der Waals surface area (Å²) in [5.41, 5.74) is 0.373. The first kappa shape index (κ1) is 20.4. The minimum atomic E-state index is -1.07. The first-order valence-corrected chi connectivity index (χ1v) is 9.83. The van der Waals surface area contributed by atoms with Gasteiger partial charge in [-0.15, -0.1) is 5.92 Å². The maximum absolute atomic E-state index is 13.2. The highest BCUT2D eigenvalue weighted by atomic mass is 16.5. The van der Waals surface area contributed by atoms with Crippen molar-refractivity contribution in [1.82, 2.24) is 24.4 Å². The number of piperazine rings is 1. The van der Waals surface area contributed by atoms with E-state index < -0.39 is 5.97 Å². The van der Waals surface area contributed by atoms with E-state index >= 15 is 0 Å². The number of hydrogen-bond donors (Lipinski definition) is 2. The van der Waals surface area contributed by atoms with E-state index in [1.165, 1.54) is 16.7 Å². The van der Waals surface area contributed by atoms with Crippen molar-refractivity contribution in [2.45, 2.75) is 13.5 Å². The molecule has 0 unspecified atom stereocenters. The number of nitrogens with zero attached hydrogens (tertiary/aromatic N) is 5. The molecular weight excluding hydrogens is 400 g/mol. The van der Waals surface area contributed by atoms with Crippen LogP contribution < -0.4 is 20.5 Å². The van der Waals surface area contributed by atoms with Gasteiger partial charge in [-0.2, -0.15) is 9.97 Å². The fraction of sp³-hybridized carbons (Fsp3) is 0.333. The monoisotopic (exact) mass is 422 g/mol. The molecule has 10 heteroatoms. The van der Waals surface area contributed by atoms with E-state index in [0.29, 0.717) is 18.0 Å². The lowest BCUT2D eigenvalue weighted by Crippen LogP contribution is -2.44. The van der Waals surface area contributed by atoms with Crippen LogP contribution in [-0.4, -0.2) is 56.4 Å². The number of imidazole rings is 1. The number of fused-ring (bicyclic) bond motifs is 1. The highest BCUT2D eigenvalue weighted by Crippen LogP contribution is 2.24. The number of aromatic nitrogens is 4. The number of carboxylic acid groups (broad SMARTS) is 1. The molecule has 0 aliphatic carbocycles. The summed E-state index contributed by atoms with van der Waals surface area (Å²) in [7, 11) is 1.55. The molecule has 160 valence electrons. The summed E-state index contributed by atoms with van der Waals surface area (Å²) in [6.45, 7) is 5.23. The van der Waals surface area contributed by atoms with Crippen LogP contribution in [0.15, 0.2) is 29.1 Å². The van der Waals surface area contributed by atoms with Crippen molar-refractivity contribution in [3.8, 4) is 23.6 Å². The molecule has 1 aliphatic rings. The lowest BCUT2D eigenvalue weighted by atomic mass is 10.2. The van der Waals surface area contributed by atoms with Crippen LogP contribution in [0, 0.1) is 11.8 Å². The predicted molar refractivity (Wildman–Crippen MR) is 115 cm³/mol. The molecule has 1 saturated heterocycles. The average Bonchev–Trinajstić information content (AvgIpc) is 3.15. The van der Waals surface area contributed by atoms with Crippen LogP contribution in [-0.2, 0) is 13.6 Å². The van der Waals surface area contributed by atoms with Gasteiger partial charge in [0.15, 0.2) is 11.2 Å². The van der Waals surface area contributed by atoms with E-state index in [0.717, 1.165) is 26.2 Å². The molecule has 1 fully saturated rings. The van der Waals surface area contributed by atoms with E-state index in [-0.39, 0.29) is 28.5 Å². The molecule has 0 amide bonds. The summed E-state index contributed by atoms with van der Waals surface area (Å²) < 4.78 is 8.83. The van der Waals surface area contributed by atoms with Crippen molar-refractivity contribution in [3.63, 3.8) is 0 Å². The van der Waals surface area contributed by atoms with Gasteiger partial charge < -0.3 is 20.1 Å². The quantitative estimate of drug-likeness (QED) is 0.587. The van der Waals surface area contributed by atoms with Crippen molar-refractivity contribution in [1.29, 1.82) is 0 Å². The molecular formula is C21H22N6O4. The number of benzene rings is 1. The van der Waals surface area contributed by atoms with Gasteiger partial charge in [0.05, 0.1) is 12.1 Å². The van der Waals surface area contributed by atoms with Gasteiger partial charge in [-0.25, -0.2) is 4.79 Å². The molecule has 0 atom stereocenters. The Morgan fingerprint density at radius 2 is 2.06 bits per heavy atom. The number of nitrogens with one attached hydrogen (secondary N) is 1. The third-order valence-electron chi connectivity index (χ3n) is 5.03. The van der Waals surface area contributed by atoms with E-state index in [2.05, 4.69) is 32.0 Å². The Bertz CT molecular complexity index is 1260. The fourth-order valence-corrected chi connectivity index (χ4v) is 3.43. The second kappa shape index (κ2) is 8.49. The number of rotatable bonds is 5. The Kier molecular flexibility index (Phi) is 5.60. The minimum absolute atomic E-state index is 0.0260. The summed E-state index contributed by atoms with van der Waals surface area (Å²) in [5.74, 6) is 5.71. The van der Waals surface area contributed by atoms with Crippen molar-refractivity contribution >= 4 is 23.1 Å². The smallest absolute Gasteiger partial charge is 0.335 e. The van der Waals surface area contributed by atoms with Crippen LogP contribution in [0.2, 0.25) is 0 Å². The van der Waals surface area contributed by atoms with Crippen LogP contribution in [0.4, 0.5) is 5.95 Å². The normalized spacial score (nSPS) is 13.7. The van der Waals surface area contributed by atoms with Crippen molar-refractivity contribution in [2.75, 3.05) is 31.1 Å². The predicted octanol–water partition coefficient (Wildman–Crippen LogP) is 1.05. The third kappa shape index (κ3) is 3.95. The average molecular weight is 422 g/mol. The minimum Gasteiger partial charge on any atom is -0.478 e. The van der Waals surface area contributed by atoms with Gasteiger partial charge in [0.2, 0.25) is 5.95 Å². The Labute approximate surface area is 178 Å². The number of hydrogen-bond acceptors (Lipinski definition) is 7.